The average molecular weight is 353 g/mol. The van der Waals surface area contributed by atoms with Gasteiger partial charge in [-0.25, -0.2) is 0 Å². The molecule has 22 heavy (non-hydrogen) atoms. The van der Waals surface area contributed by atoms with E-state index in [0.29, 0.717) is 12.8 Å². The molecular formula is C16H26Cl2O4. The number of fused-ring (bicyclic) bond motifs is 2. The summed E-state index contributed by atoms with van der Waals surface area (Å²) in [6.45, 7) is 12.0. The third-order valence-corrected chi connectivity index (χ3v) is 5.86. The van der Waals surface area contributed by atoms with Crippen LogP contribution in [0.3, 0.4) is 0 Å². The molecule has 0 aromatic heterocycles. The first-order chi connectivity index (χ1) is 9.86. The number of alkyl halides is 2. The van der Waals surface area contributed by atoms with E-state index in [-0.39, 0.29) is 23.0 Å². The van der Waals surface area contributed by atoms with E-state index >= 15 is 0 Å². The van der Waals surface area contributed by atoms with Crippen molar-refractivity contribution in [3.8, 4) is 0 Å². The molecule has 0 spiro atoms. The van der Waals surface area contributed by atoms with Crippen molar-refractivity contribution in [2.45, 2.75) is 88.4 Å². The highest BCUT2D eigenvalue weighted by Gasteiger charge is 2.76. The third kappa shape index (κ3) is 2.11. The molecule has 3 rings (SSSR count). The van der Waals surface area contributed by atoms with Crippen LogP contribution in [0.5, 0.6) is 0 Å². The van der Waals surface area contributed by atoms with E-state index in [0.717, 1.165) is 0 Å². The largest absolute Gasteiger partial charge is 0.340 e. The van der Waals surface area contributed by atoms with Crippen molar-refractivity contribution in [1.82, 2.24) is 0 Å². The molecule has 3 saturated heterocycles. The second-order valence-electron chi connectivity index (χ2n) is 8.52. The lowest BCUT2D eigenvalue weighted by atomic mass is 9.82. The third-order valence-electron chi connectivity index (χ3n) is 5.15. The van der Waals surface area contributed by atoms with E-state index in [1.54, 1.807) is 0 Å². The Morgan fingerprint density at radius 3 is 1.23 bits per heavy atom. The molecule has 0 aromatic carbocycles. The maximum Gasteiger partial charge on any atom is 0.212 e. The lowest BCUT2D eigenvalue weighted by Gasteiger charge is -2.57. The van der Waals surface area contributed by atoms with Gasteiger partial charge in [0.05, 0.1) is 23.0 Å². The highest BCUT2D eigenvalue weighted by Crippen LogP contribution is 2.62. The minimum atomic E-state index is -0.994. The van der Waals surface area contributed by atoms with Crippen LogP contribution in [0.4, 0.5) is 0 Å². The van der Waals surface area contributed by atoms with Crippen LogP contribution in [0.1, 0.15) is 54.4 Å². The number of rotatable bonds is 2. The Labute approximate surface area is 142 Å². The summed E-state index contributed by atoms with van der Waals surface area (Å²) in [5, 5.41) is 0. The van der Waals surface area contributed by atoms with Crippen molar-refractivity contribution in [3.63, 3.8) is 0 Å². The number of ether oxygens (including phenoxy) is 4. The Hall–Kier alpha value is 0.420. The Balaban J connectivity index is 2.09. The van der Waals surface area contributed by atoms with E-state index in [9.17, 15) is 0 Å². The molecule has 0 bridgehead atoms. The molecule has 0 radical (unpaired) electrons. The Kier molecular flexibility index (Phi) is 3.55. The van der Waals surface area contributed by atoms with Crippen LogP contribution in [-0.2, 0) is 18.9 Å². The fourth-order valence-electron chi connectivity index (χ4n) is 4.68. The van der Waals surface area contributed by atoms with Crippen LogP contribution in [0, 0.1) is 0 Å². The van der Waals surface area contributed by atoms with Gasteiger partial charge in [0.25, 0.3) is 0 Å². The lowest BCUT2D eigenvalue weighted by molar-refractivity contribution is -0.450. The van der Waals surface area contributed by atoms with E-state index in [2.05, 4.69) is 0 Å². The second-order valence-corrected chi connectivity index (χ2v) is 9.05. The standard InChI is InChI=1S/C16H26Cl2O4/c1-11(2)7-13(5)15(9-17,19-11)22-14(6)8-12(3,4)20-16(14,10-18)21-13/h7-10H2,1-6H3/t13-,14+,15-,16+. The van der Waals surface area contributed by atoms with Crippen molar-refractivity contribution in [2.24, 2.45) is 0 Å². The van der Waals surface area contributed by atoms with E-state index < -0.39 is 22.8 Å². The fourth-order valence-corrected chi connectivity index (χ4v) is 5.46. The maximum atomic E-state index is 6.54. The van der Waals surface area contributed by atoms with Crippen LogP contribution >= 0.6 is 23.2 Å². The molecule has 6 heteroatoms. The molecule has 0 unspecified atom stereocenters. The normalized spacial score (nSPS) is 52.4. The zero-order chi connectivity index (χ0) is 16.7. The molecule has 0 saturated carbocycles. The quantitative estimate of drug-likeness (QED) is 0.708. The van der Waals surface area contributed by atoms with Crippen molar-refractivity contribution >= 4 is 23.2 Å². The first-order valence-electron chi connectivity index (χ1n) is 7.79. The van der Waals surface area contributed by atoms with Gasteiger partial charge in [-0.2, -0.15) is 0 Å². The summed E-state index contributed by atoms with van der Waals surface area (Å²) < 4.78 is 25.6. The average Bonchev–Trinajstić information content (AvgIpc) is 2.64. The summed E-state index contributed by atoms with van der Waals surface area (Å²) >= 11 is 12.6. The summed E-state index contributed by atoms with van der Waals surface area (Å²) in [5.74, 6) is -1.60. The summed E-state index contributed by atoms with van der Waals surface area (Å²) in [6, 6.07) is 0. The van der Waals surface area contributed by atoms with Crippen molar-refractivity contribution in [3.05, 3.63) is 0 Å². The second kappa shape index (κ2) is 4.53. The first-order valence-corrected chi connectivity index (χ1v) is 8.86. The Bertz CT molecular complexity index is 453. The van der Waals surface area contributed by atoms with Crippen LogP contribution in [-0.4, -0.2) is 45.7 Å². The molecule has 3 aliphatic rings. The summed E-state index contributed by atoms with van der Waals surface area (Å²) in [4.78, 5) is 0. The topological polar surface area (TPSA) is 36.9 Å². The number of halogens is 2. The van der Waals surface area contributed by atoms with Gasteiger partial charge in [-0.05, 0) is 41.5 Å². The van der Waals surface area contributed by atoms with Crippen LogP contribution in [0.15, 0.2) is 0 Å². The molecule has 4 nitrogen and oxygen atoms in total. The van der Waals surface area contributed by atoms with Gasteiger partial charge in [0.1, 0.15) is 11.2 Å². The van der Waals surface area contributed by atoms with Gasteiger partial charge in [0, 0.05) is 12.8 Å². The summed E-state index contributed by atoms with van der Waals surface area (Å²) in [6.07, 6.45) is 1.32. The fraction of sp³-hybridized carbons (Fsp3) is 1.00. The highest BCUT2D eigenvalue weighted by molar-refractivity contribution is 6.19. The van der Waals surface area contributed by atoms with Gasteiger partial charge in [-0.15, -0.1) is 23.2 Å². The Morgan fingerprint density at radius 1 is 0.636 bits per heavy atom. The van der Waals surface area contributed by atoms with Gasteiger partial charge < -0.3 is 18.9 Å². The van der Waals surface area contributed by atoms with Gasteiger partial charge in [-0.1, -0.05) is 0 Å². The van der Waals surface area contributed by atoms with Crippen LogP contribution in [0.25, 0.3) is 0 Å². The van der Waals surface area contributed by atoms with Gasteiger partial charge in [-0.3, -0.25) is 0 Å². The molecule has 3 fully saturated rings. The summed E-state index contributed by atoms with van der Waals surface area (Å²) in [5.41, 5.74) is -2.20. The molecule has 0 aliphatic carbocycles. The van der Waals surface area contributed by atoms with Crippen LogP contribution in [0.2, 0.25) is 0 Å². The predicted molar refractivity (Wildman–Crippen MR) is 85.4 cm³/mol. The van der Waals surface area contributed by atoms with E-state index in [4.69, 9.17) is 42.1 Å². The number of hydrogen-bond acceptors (Lipinski definition) is 4. The number of hydrogen-bond donors (Lipinski definition) is 0. The smallest absolute Gasteiger partial charge is 0.212 e. The molecular weight excluding hydrogens is 327 g/mol. The van der Waals surface area contributed by atoms with Gasteiger partial charge in [0.2, 0.25) is 11.6 Å². The van der Waals surface area contributed by atoms with Crippen molar-refractivity contribution < 1.29 is 18.9 Å². The van der Waals surface area contributed by atoms with Crippen molar-refractivity contribution in [2.75, 3.05) is 11.8 Å². The minimum Gasteiger partial charge on any atom is -0.340 e. The predicted octanol–water partition coefficient (Wildman–Crippen LogP) is 3.82. The maximum absolute atomic E-state index is 6.54. The van der Waals surface area contributed by atoms with E-state index in [1.807, 2.05) is 41.5 Å². The molecule has 0 N–H and O–H groups in total. The zero-order valence-electron chi connectivity index (χ0n) is 14.2. The summed E-state index contributed by atoms with van der Waals surface area (Å²) in [7, 11) is 0. The molecule has 3 aliphatic heterocycles. The monoisotopic (exact) mass is 352 g/mol. The molecule has 0 aromatic rings. The molecule has 0 amide bonds. The molecule has 4 atom stereocenters. The minimum absolute atomic E-state index is 0.196. The Morgan fingerprint density at radius 2 is 0.955 bits per heavy atom. The van der Waals surface area contributed by atoms with E-state index in [1.165, 1.54) is 0 Å². The highest BCUT2D eigenvalue weighted by atomic mass is 35.5. The SMILES string of the molecule is CC1(C)C[C@@]2(C)O[C@]3(CCl)OC(C)(C)C[C@]3(C)O[C@@]2(CCl)O1. The molecule has 128 valence electrons. The molecule has 3 heterocycles. The van der Waals surface area contributed by atoms with Gasteiger partial charge in [0.15, 0.2) is 0 Å². The van der Waals surface area contributed by atoms with Crippen LogP contribution < -0.4 is 0 Å². The zero-order valence-corrected chi connectivity index (χ0v) is 15.7. The van der Waals surface area contributed by atoms with Gasteiger partial charge >= 0.3 is 0 Å². The lowest BCUT2D eigenvalue weighted by Crippen LogP contribution is -2.72. The first kappa shape index (κ1) is 17.2. The van der Waals surface area contributed by atoms with Crippen molar-refractivity contribution in [1.29, 1.82) is 0 Å².